The van der Waals surface area contributed by atoms with Gasteiger partial charge in [-0.05, 0) is 37.8 Å². The Balaban J connectivity index is 1.81. The van der Waals surface area contributed by atoms with Gasteiger partial charge < -0.3 is 15.5 Å². The van der Waals surface area contributed by atoms with E-state index < -0.39 is 5.63 Å². The lowest BCUT2D eigenvalue weighted by Crippen LogP contribution is -2.41. The lowest BCUT2D eigenvalue weighted by molar-refractivity contribution is 0.0922. The number of carbonyl (C=O) groups excluding carboxylic acids is 1. The van der Waals surface area contributed by atoms with Crippen molar-refractivity contribution in [1.82, 2.24) is 5.32 Å². The van der Waals surface area contributed by atoms with E-state index in [-0.39, 0.29) is 23.6 Å². The number of hydrogen-bond acceptors (Lipinski definition) is 4. The maximum atomic E-state index is 12.3. The molecule has 1 aliphatic carbocycles. The Morgan fingerprint density at radius 1 is 1.19 bits per heavy atom. The fraction of sp³-hybridized carbons (Fsp3) is 0.375. The van der Waals surface area contributed by atoms with Gasteiger partial charge in [0.25, 0.3) is 5.91 Å². The molecule has 1 aliphatic rings. The minimum absolute atomic E-state index is 0.0589. The molecule has 1 aromatic carbocycles. The number of amides is 1. The first kappa shape index (κ1) is 13.8. The maximum Gasteiger partial charge on any atom is 0.349 e. The number of benzene rings is 1. The topological polar surface area (TPSA) is 85.3 Å². The zero-order valence-electron chi connectivity index (χ0n) is 11.7. The van der Waals surface area contributed by atoms with Crippen molar-refractivity contribution in [2.45, 2.75) is 37.8 Å². The maximum absolute atomic E-state index is 12.3. The SMILES string of the molecule is NC1CCC(NC(=O)c2cc3ccccc3oc2=O)CC1. The second-order valence-corrected chi connectivity index (χ2v) is 5.57. The van der Waals surface area contributed by atoms with Gasteiger partial charge in [-0.3, -0.25) is 4.79 Å². The third-order valence-electron chi connectivity index (χ3n) is 3.99. The lowest BCUT2D eigenvalue weighted by atomic mass is 9.91. The molecule has 0 atom stereocenters. The first-order chi connectivity index (χ1) is 10.1. The summed E-state index contributed by atoms with van der Waals surface area (Å²) in [6.45, 7) is 0. The molecule has 0 aliphatic heterocycles. The van der Waals surface area contributed by atoms with Gasteiger partial charge in [-0.2, -0.15) is 0 Å². The highest BCUT2D eigenvalue weighted by Crippen LogP contribution is 2.18. The molecule has 1 heterocycles. The van der Waals surface area contributed by atoms with E-state index in [0.717, 1.165) is 31.1 Å². The molecule has 1 saturated carbocycles. The summed E-state index contributed by atoms with van der Waals surface area (Å²) in [5.41, 5.74) is 5.80. The van der Waals surface area contributed by atoms with Crippen LogP contribution in [0.25, 0.3) is 11.0 Å². The molecule has 3 rings (SSSR count). The van der Waals surface area contributed by atoms with Gasteiger partial charge in [-0.1, -0.05) is 18.2 Å². The summed E-state index contributed by atoms with van der Waals surface area (Å²) in [4.78, 5) is 24.2. The van der Waals surface area contributed by atoms with Crippen molar-refractivity contribution in [3.63, 3.8) is 0 Å². The van der Waals surface area contributed by atoms with Crippen LogP contribution < -0.4 is 16.7 Å². The van der Waals surface area contributed by atoms with Crippen molar-refractivity contribution >= 4 is 16.9 Å². The molecule has 0 saturated heterocycles. The van der Waals surface area contributed by atoms with Crippen LogP contribution in [0.2, 0.25) is 0 Å². The summed E-state index contributed by atoms with van der Waals surface area (Å²) in [5, 5.41) is 3.65. The van der Waals surface area contributed by atoms with Crippen LogP contribution in [-0.2, 0) is 0 Å². The van der Waals surface area contributed by atoms with Crippen LogP contribution in [0.15, 0.2) is 39.5 Å². The van der Waals surface area contributed by atoms with Crippen molar-refractivity contribution < 1.29 is 9.21 Å². The third-order valence-corrected chi connectivity index (χ3v) is 3.99. The summed E-state index contributed by atoms with van der Waals surface area (Å²) in [6, 6.07) is 9.05. The van der Waals surface area contributed by atoms with Crippen molar-refractivity contribution in [1.29, 1.82) is 0 Å². The standard InChI is InChI=1S/C16H18N2O3/c17-11-5-7-12(8-6-11)18-15(19)13-9-10-3-1-2-4-14(10)21-16(13)20/h1-4,9,11-12H,5-8,17H2,(H,18,19). The van der Waals surface area contributed by atoms with E-state index in [1.54, 1.807) is 18.2 Å². The normalized spacial score (nSPS) is 22.1. The van der Waals surface area contributed by atoms with E-state index in [0.29, 0.717) is 5.58 Å². The van der Waals surface area contributed by atoms with Crippen LogP contribution in [-0.4, -0.2) is 18.0 Å². The van der Waals surface area contributed by atoms with E-state index in [4.69, 9.17) is 10.2 Å². The molecule has 1 fully saturated rings. The van der Waals surface area contributed by atoms with Gasteiger partial charge in [-0.15, -0.1) is 0 Å². The number of fused-ring (bicyclic) bond motifs is 1. The van der Waals surface area contributed by atoms with Gasteiger partial charge in [0, 0.05) is 17.5 Å². The van der Waals surface area contributed by atoms with Gasteiger partial charge >= 0.3 is 5.63 Å². The van der Waals surface area contributed by atoms with Gasteiger partial charge in [0.15, 0.2) is 0 Å². The van der Waals surface area contributed by atoms with Gasteiger partial charge in [0.1, 0.15) is 11.1 Å². The minimum Gasteiger partial charge on any atom is -0.422 e. The molecule has 0 bridgehead atoms. The number of para-hydroxylation sites is 1. The Hall–Kier alpha value is -2.14. The zero-order chi connectivity index (χ0) is 14.8. The molecule has 21 heavy (non-hydrogen) atoms. The van der Waals surface area contributed by atoms with Crippen molar-refractivity contribution in [3.05, 3.63) is 46.3 Å². The predicted molar refractivity (Wildman–Crippen MR) is 80.2 cm³/mol. The van der Waals surface area contributed by atoms with Gasteiger partial charge in [0.05, 0.1) is 0 Å². The predicted octanol–water partition coefficient (Wildman–Crippen LogP) is 1.79. The Kier molecular flexibility index (Phi) is 3.75. The molecule has 5 nitrogen and oxygen atoms in total. The molecular weight excluding hydrogens is 268 g/mol. The van der Waals surface area contributed by atoms with E-state index in [1.807, 2.05) is 12.1 Å². The molecule has 1 aromatic heterocycles. The average molecular weight is 286 g/mol. The number of nitrogens with two attached hydrogens (primary N) is 1. The highest BCUT2D eigenvalue weighted by atomic mass is 16.4. The van der Waals surface area contributed by atoms with Gasteiger partial charge in [0.2, 0.25) is 0 Å². The second-order valence-electron chi connectivity index (χ2n) is 5.57. The summed E-state index contributed by atoms with van der Waals surface area (Å²) in [6.07, 6.45) is 3.51. The lowest BCUT2D eigenvalue weighted by Gasteiger charge is -2.26. The van der Waals surface area contributed by atoms with Gasteiger partial charge in [-0.25, -0.2) is 4.79 Å². The van der Waals surface area contributed by atoms with E-state index in [9.17, 15) is 9.59 Å². The molecule has 2 aromatic rings. The second kappa shape index (κ2) is 5.69. The van der Waals surface area contributed by atoms with Crippen LogP contribution in [0.5, 0.6) is 0 Å². The molecular formula is C16H18N2O3. The average Bonchev–Trinajstić information content (AvgIpc) is 2.49. The van der Waals surface area contributed by atoms with Crippen molar-refractivity contribution in [3.8, 4) is 0 Å². The van der Waals surface area contributed by atoms with Crippen molar-refractivity contribution in [2.24, 2.45) is 5.73 Å². The zero-order valence-corrected chi connectivity index (χ0v) is 11.7. The monoisotopic (exact) mass is 286 g/mol. The number of nitrogens with one attached hydrogen (secondary N) is 1. The van der Waals surface area contributed by atoms with E-state index in [2.05, 4.69) is 5.32 Å². The third kappa shape index (κ3) is 2.97. The summed E-state index contributed by atoms with van der Waals surface area (Å²) in [7, 11) is 0. The van der Waals surface area contributed by atoms with Crippen LogP contribution in [0.3, 0.4) is 0 Å². The summed E-state index contributed by atoms with van der Waals surface area (Å²) in [5.74, 6) is -0.366. The van der Waals surface area contributed by atoms with Crippen LogP contribution in [0.1, 0.15) is 36.0 Å². The Labute approximate surface area is 122 Å². The molecule has 0 unspecified atom stereocenters. The molecule has 0 spiro atoms. The van der Waals surface area contributed by atoms with Crippen LogP contribution in [0.4, 0.5) is 0 Å². The highest BCUT2D eigenvalue weighted by Gasteiger charge is 2.22. The first-order valence-electron chi connectivity index (χ1n) is 7.23. The Bertz CT molecular complexity index is 715. The molecule has 5 heteroatoms. The van der Waals surface area contributed by atoms with E-state index >= 15 is 0 Å². The van der Waals surface area contributed by atoms with Crippen LogP contribution in [0, 0.1) is 0 Å². The quantitative estimate of drug-likeness (QED) is 0.824. The number of rotatable bonds is 2. The summed E-state index contributed by atoms with van der Waals surface area (Å²) < 4.78 is 5.18. The first-order valence-corrected chi connectivity index (χ1v) is 7.23. The molecule has 0 radical (unpaired) electrons. The summed E-state index contributed by atoms with van der Waals surface area (Å²) >= 11 is 0. The van der Waals surface area contributed by atoms with Crippen LogP contribution >= 0.6 is 0 Å². The Morgan fingerprint density at radius 2 is 1.90 bits per heavy atom. The molecule has 1 amide bonds. The highest BCUT2D eigenvalue weighted by molar-refractivity contribution is 5.96. The fourth-order valence-electron chi connectivity index (χ4n) is 2.75. The van der Waals surface area contributed by atoms with Crippen molar-refractivity contribution in [2.75, 3.05) is 0 Å². The minimum atomic E-state index is -0.598. The molecule has 3 N–H and O–H groups in total. The largest absolute Gasteiger partial charge is 0.422 e. The molecule has 110 valence electrons. The fourth-order valence-corrected chi connectivity index (χ4v) is 2.75. The Morgan fingerprint density at radius 3 is 2.67 bits per heavy atom. The number of carbonyl (C=O) groups is 1. The smallest absolute Gasteiger partial charge is 0.349 e. The van der Waals surface area contributed by atoms with E-state index in [1.165, 1.54) is 0 Å². The number of hydrogen-bond donors (Lipinski definition) is 2.